The van der Waals surface area contributed by atoms with E-state index in [2.05, 4.69) is 5.32 Å². The molecule has 1 atom stereocenters. The maximum atomic E-state index is 12.8. The summed E-state index contributed by atoms with van der Waals surface area (Å²) >= 11 is 0. The first-order valence-electron chi connectivity index (χ1n) is 8.48. The Hall–Kier alpha value is -2.82. The van der Waals surface area contributed by atoms with Crippen molar-refractivity contribution in [3.8, 4) is 0 Å². The fraction of sp³-hybridized carbons (Fsp3) is 0.300. The molecule has 3 amide bonds. The minimum Gasteiger partial charge on any atom is -0.311 e. The quantitative estimate of drug-likeness (QED) is 0.911. The molecule has 1 N–H and O–H groups in total. The van der Waals surface area contributed by atoms with E-state index in [1.165, 1.54) is 0 Å². The van der Waals surface area contributed by atoms with Crippen LogP contribution in [0.2, 0.25) is 0 Å². The van der Waals surface area contributed by atoms with Gasteiger partial charge in [-0.15, -0.1) is 0 Å². The molecule has 5 heteroatoms. The Kier molecular flexibility index (Phi) is 4.74. The number of para-hydroxylation sites is 1. The summed E-state index contributed by atoms with van der Waals surface area (Å²) < 4.78 is 0. The highest BCUT2D eigenvalue weighted by molar-refractivity contribution is 6.02. The van der Waals surface area contributed by atoms with Gasteiger partial charge in [0, 0.05) is 24.5 Å². The van der Waals surface area contributed by atoms with Crippen molar-refractivity contribution in [2.24, 2.45) is 0 Å². The van der Waals surface area contributed by atoms with Crippen molar-refractivity contribution in [3.63, 3.8) is 0 Å². The van der Waals surface area contributed by atoms with Crippen LogP contribution in [0.5, 0.6) is 0 Å². The molecule has 0 unspecified atom stereocenters. The van der Waals surface area contributed by atoms with Crippen molar-refractivity contribution in [2.45, 2.75) is 26.8 Å². The first-order valence-corrected chi connectivity index (χ1v) is 8.48. The first kappa shape index (κ1) is 17.0. The van der Waals surface area contributed by atoms with Gasteiger partial charge in [-0.25, -0.2) is 4.79 Å². The molecule has 0 saturated carbocycles. The average molecular weight is 337 g/mol. The number of hydrogen-bond acceptors (Lipinski definition) is 2. The minimum absolute atomic E-state index is 0.0559. The molecule has 0 aliphatic carbocycles. The Bertz CT molecular complexity index is 786. The molecule has 1 aliphatic rings. The third-order valence-electron chi connectivity index (χ3n) is 4.63. The van der Waals surface area contributed by atoms with E-state index in [9.17, 15) is 9.59 Å². The summed E-state index contributed by atoms with van der Waals surface area (Å²) in [7, 11) is 0. The fourth-order valence-corrected chi connectivity index (χ4v) is 3.09. The molecule has 130 valence electrons. The van der Waals surface area contributed by atoms with Crippen LogP contribution in [0.1, 0.15) is 18.1 Å². The summed E-state index contributed by atoms with van der Waals surface area (Å²) in [5.74, 6) is -0.0559. The van der Waals surface area contributed by atoms with Gasteiger partial charge in [-0.05, 0) is 44.5 Å². The van der Waals surface area contributed by atoms with E-state index in [-0.39, 0.29) is 11.9 Å². The lowest BCUT2D eigenvalue weighted by molar-refractivity contribution is -0.123. The van der Waals surface area contributed by atoms with Crippen molar-refractivity contribution < 1.29 is 9.59 Å². The molecule has 1 heterocycles. The van der Waals surface area contributed by atoms with Gasteiger partial charge < -0.3 is 15.1 Å². The third-order valence-corrected chi connectivity index (χ3v) is 4.63. The molecule has 1 fully saturated rings. The van der Waals surface area contributed by atoms with Gasteiger partial charge in [0.25, 0.3) is 0 Å². The predicted molar refractivity (Wildman–Crippen MR) is 99.9 cm³/mol. The van der Waals surface area contributed by atoms with Crippen LogP contribution in [0.25, 0.3) is 0 Å². The number of rotatable bonds is 2. The second kappa shape index (κ2) is 6.97. The number of hydrogen-bond donors (Lipinski definition) is 1. The van der Waals surface area contributed by atoms with E-state index in [4.69, 9.17) is 0 Å². The lowest BCUT2D eigenvalue weighted by atomic mass is 10.1. The first-order chi connectivity index (χ1) is 12.0. The van der Waals surface area contributed by atoms with E-state index in [1.54, 1.807) is 16.7 Å². The van der Waals surface area contributed by atoms with Gasteiger partial charge in [-0.3, -0.25) is 4.79 Å². The highest BCUT2D eigenvalue weighted by Gasteiger charge is 2.35. The van der Waals surface area contributed by atoms with Crippen LogP contribution in [-0.4, -0.2) is 36.0 Å². The van der Waals surface area contributed by atoms with Gasteiger partial charge in [0.05, 0.1) is 0 Å². The molecule has 0 radical (unpaired) electrons. The Balaban J connectivity index is 1.72. The van der Waals surface area contributed by atoms with Crippen molar-refractivity contribution in [2.75, 3.05) is 23.3 Å². The number of urea groups is 1. The summed E-state index contributed by atoms with van der Waals surface area (Å²) in [5, 5.41) is 2.87. The zero-order valence-electron chi connectivity index (χ0n) is 14.8. The lowest BCUT2D eigenvalue weighted by Crippen LogP contribution is -2.58. The van der Waals surface area contributed by atoms with E-state index < -0.39 is 6.04 Å². The maximum Gasteiger partial charge on any atom is 0.322 e. The standard InChI is InChI=1S/C20H23N3O2/c1-14-8-10-17(11-9-14)21-20(25)22-12-13-23(19(24)16(22)3)18-7-5-4-6-15(18)2/h4-11,16H,12-13H2,1-3H3,(H,21,25)/t16-/m1/s1. The molecule has 25 heavy (non-hydrogen) atoms. The number of piperazine rings is 1. The Morgan fingerprint density at radius 3 is 2.40 bits per heavy atom. The van der Waals surface area contributed by atoms with Crippen LogP contribution in [0.15, 0.2) is 48.5 Å². The number of amides is 3. The van der Waals surface area contributed by atoms with Crippen LogP contribution < -0.4 is 10.2 Å². The van der Waals surface area contributed by atoms with Crippen LogP contribution in [-0.2, 0) is 4.79 Å². The van der Waals surface area contributed by atoms with Crippen LogP contribution in [0, 0.1) is 13.8 Å². The van der Waals surface area contributed by atoms with E-state index >= 15 is 0 Å². The topological polar surface area (TPSA) is 52.7 Å². The molecule has 1 saturated heterocycles. The number of carbonyl (C=O) groups excluding carboxylic acids is 2. The number of anilines is 2. The number of nitrogens with one attached hydrogen (secondary N) is 1. The van der Waals surface area contributed by atoms with E-state index in [0.29, 0.717) is 13.1 Å². The highest BCUT2D eigenvalue weighted by atomic mass is 16.2. The van der Waals surface area contributed by atoms with E-state index in [0.717, 1.165) is 22.5 Å². The second-order valence-electron chi connectivity index (χ2n) is 6.44. The molecule has 1 aliphatic heterocycles. The number of nitrogens with zero attached hydrogens (tertiary/aromatic N) is 2. The zero-order chi connectivity index (χ0) is 18.0. The highest BCUT2D eigenvalue weighted by Crippen LogP contribution is 2.24. The normalized spacial score (nSPS) is 17.6. The second-order valence-corrected chi connectivity index (χ2v) is 6.44. The lowest BCUT2D eigenvalue weighted by Gasteiger charge is -2.39. The molecule has 5 nitrogen and oxygen atoms in total. The predicted octanol–water partition coefficient (Wildman–Crippen LogP) is 3.57. The van der Waals surface area contributed by atoms with Crippen molar-refractivity contribution in [1.82, 2.24) is 4.90 Å². The van der Waals surface area contributed by atoms with Crippen molar-refractivity contribution in [1.29, 1.82) is 0 Å². The van der Waals surface area contributed by atoms with E-state index in [1.807, 2.05) is 62.4 Å². The maximum absolute atomic E-state index is 12.8. The van der Waals surface area contributed by atoms with Crippen LogP contribution in [0.3, 0.4) is 0 Å². The summed E-state index contributed by atoms with van der Waals surface area (Å²) in [6.45, 7) is 6.76. The largest absolute Gasteiger partial charge is 0.322 e. The average Bonchev–Trinajstić information content (AvgIpc) is 2.60. The Morgan fingerprint density at radius 1 is 1.04 bits per heavy atom. The van der Waals surface area contributed by atoms with Gasteiger partial charge >= 0.3 is 6.03 Å². The number of benzene rings is 2. The summed E-state index contributed by atoms with van der Waals surface area (Å²) in [6, 6.07) is 14.7. The molecule has 0 bridgehead atoms. The Labute approximate surface area is 148 Å². The molecule has 2 aromatic carbocycles. The van der Waals surface area contributed by atoms with Crippen LogP contribution >= 0.6 is 0 Å². The molecule has 2 aromatic rings. The Morgan fingerprint density at radius 2 is 1.72 bits per heavy atom. The minimum atomic E-state index is -0.501. The monoisotopic (exact) mass is 337 g/mol. The number of carbonyl (C=O) groups is 2. The van der Waals surface area contributed by atoms with Gasteiger partial charge in [0.1, 0.15) is 6.04 Å². The number of aryl methyl sites for hydroxylation is 2. The molecule has 0 spiro atoms. The van der Waals surface area contributed by atoms with Crippen LogP contribution in [0.4, 0.5) is 16.2 Å². The van der Waals surface area contributed by atoms with Gasteiger partial charge in [-0.2, -0.15) is 0 Å². The fourth-order valence-electron chi connectivity index (χ4n) is 3.09. The molecule has 0 aromatic heterocycles. The summed E-state index contributed by atoms with van der Waals surface area (Å²) in [6.07, 6.45) is 0. The SMILES string of the molecule is Cc1ccc(NC(=O)N2CCN(c3ccccc3C)C(=O)[C@H]2C)cc1. The summed E-state index contributed by atoms with van der Waals surface area (Å²) in [5.41, 5.74) is 3.84. The summed E-state index contributed by atoms with van der Waals surface area (Å²) in [4.78, 5) is 28.7. The molecule has 3 rings (SSSR count). The third kappa shape index (κ3) is 3.50. The van der Waals surface area contributed by atoms with Gasteiger partial charge in [0.15, 0.2) is 0 Å². The smallest absolute Gasteiger partial charge is 0.311 e. The van der Waals surface area contributed by atoms with Crippen molar-refractivity contribution in [3.05, 3.63) is 59.7 Å². The van der Waals surface area contributed by atoms with Crippen molar-refractivity contribution >= 4 is 23.3 Å². The molecular weight excluding hydrogens is 314 g/mol. The van der Waals surface area contributed by atoms with Gasteiger partial charge in [-0.1, -0.05) is 35.9 Å². The molecular formula is C20H23N3O2. The van der Waals surface area contributed by atoms with Gasteiger partial charge in [0.2, 0.25) is 5.91 Å². The zero-order valence-corrected chi connectivity index (χ0v) is 14.8.